The van der Waals surface area contributed by atoms with Crippen LogP contribution in [0, 0.1) is 0 Å². The van der Waals surface area contributed by atoms with Crippen molar-refractivity contribution in [1.29, 1.82) is 0 Å². The van der Waals surface area contributed by atoms with E-state index in [1.807, 2.05) is 30.3 Å². The lowest BCUT2D eigenvalue weighted by Gasteiger charge is -2.29. The molecule has 32 heavy (non-hydrogen) atoms. The molecule has 164 valence electrons. The SMILES string of the molecule is O=C1N(c2c(Cl)cc(Cl)cc2Cl)N=C(N(c2ccccc2)c2ccc(Cl)cc2Cl)C1(Br)Br. The number of hydrogen-bond acceptors (Lipinski definition) is 3. The molecule has 0 atom stereocenters. The maximum atomic E-state index is 13.4. The summed E-state index contributed by atoms with van der Waals surface area (Å²) in [7, 11) is 0. The first-order valence-electron chi connectivity index (χ1n) is 8.87. The van der Waals surface area contributed by atoms with Crippen LogP contribution in [0.15, 0.2) is 65.8 Å². The van der Waals surface area contributed by atoms with Crippen LogP contribution in [0.25, 0.3) is 0 Å². The number of hydrogen-bond donors (Lipinski definition) is 0. The minimum Gasteiger partial charge on any atom is -0.293 e. The lowest BCUT2D eigenvalue weighted by molar-refractivity contribution is -0.116. The fraction of sp³-hybridized carbons (Fsp3) is 0.0476. The van der Waals surface area contributed by atoms with E-state index in [1.165, 1.54) is 12.1 Å². The maximum absolute atomic E-state index is 13.4. The number of amidine groups is 1. The van der Waals surface area contributed by atoms with Crippen molar-refractivity contribution < 1.29 is 4.79 Å². The van der Waals surface area contributed by atoms with E-state index in [9.17, 15) is 4.79 Å². The predicted octanol–water partition coefficient (Wildman–Crippen LogP) is 8.94. The lowest BCUT2D eigenvalue weighted by atomic mass is 10.2. The Balaban J connectivity index is 1.94. The van der Waals surface area contributed by atoms with Gasteiger partial charge in [0.05, 0.1) is 20.8 Å². The average Bonchev–Trinajstić information content (AvgIpc) is 2.94. The van der Waals surface area contributed by atoms with Gasteiger partial charge in [-0.3, -0.25) is 9.69 Å². The van der Waals surface area contributed by atoms with Gasteiger partial charge < -0.3 is 0 Å². The van der Waals surface area contributed by atoms with E-state index in [-0.39, 0.29) is 21.6 Å². The third-order valence-corrected chi connectivity index (χ3v) is 7.23. The Morgan fingerprint density at radius 3 is 2.00 bits per heavy atom. The summed E-state index contributed by atoms with van der Waals surface area (Å²) in [6.45, 7) is 0. The Bertz CT molecular complexity index is 1230. The molecule has 0 spiro atoms. The molecule has 4 nitrogen and oxygen atoms in total. The van der Waals surface area contributed by atoms with Gasteiger partial charge in [0.2, 0.25) is 3.23 Å². The second-order valence-corrected chi connectivity index (χ2v) is 12.1. The van der Waals surface area contributed by atoms with Crippen LogP contribution in [0.2, 0.25) is 25.1 Å². The van der Waals surface area contributed by atoms with Crippen molar-refractivity contribution in [3.8, 4) is 0 Å². The normalized spacial score (nSPS) is 15.2. The molecule has 3 aromatic carbocycles. The van der Waals surface area contributed by atoms with Gasteiger partial charge in [-0.25, -0.2) is 0 Å². The van der Waals surface area contributed by atoms with Crippen LogP contribution in [0.3, 0.4) is 0 Å². The summed E-state index contributed by atoms with van der Waals surface area (Å²) in [4.78, 5) is 15.2. The van der Waals surface area contributed by atoms with Gasteiger partial charge in [-0.15, -0.1) is 5.10 Å². The van der Waals surface area contributed by atoms with Gasteiger partial charge in [0.1, 0.15) is 5.69 Å². The molecule has 4 rings (SSSR count). The zero-order chi connectivity index (χ0) is 23.2. The first-order valence-corrected chi connectivity index (χ1v) is 12.3. The summed E-state index contributed by atoms with van der Waals surface area (Å²) < 4.78 is -1.41. The van der Waals surface area contributed by atoms with E-state index < -0.39 is 9.14 Å². The van der Waals surface area contributed by atoms with E-state index in [0.29, 0.717) is 26.4 Å². The lowest BCUT2D eigenvalue weighted by Crippen LogP contribution is -2.42. The standard InChI is InChI=1S/C21H10Br2Cl5N3O/c22-21(23)19(29-31(20(21)32)18-15(27)9-12(25)10-16(18)28)30(13-4-2-1-3-5-13)17-7-6-11(24)8-14(17)26/h1-10H. The number of carbonyl (C=O) groups excluding carboxylic acids is 1. The Morgan fingerprint density at radius 2 is 1.41 bits per heavy atom. The zero-order valence-corrected chi connectivity index (χ0v) is 22.6. The van der Waals surface area contributed by atoms with E-state index >= 15 is 0 Å². The highest BCUT2D eigenvalue weighted by molar-refractivity contribution is 9.26. The minimum atomic E-state index is -1.41. The Morgan fingerprint density at radius 1 is 0.812 bits per heavy atom. The van der Waals surface area contributed by atoms with Crippen LogP contribution in [0.4, 0.5) is 17.1 Å². The molecule has 1 amide bonds. The number of para-hydroxylation sites is 1. The van der Waals surface area contributed by atoms with E-state index in [1.54, 1.807) is 23.1 Å². The summed E-state index contributed by atoms with van der Waals surface area (Å²) in [6, 6.07) is 17.3. The largest absolute Gasteiger partial charge is 0.293 e. The number of hydrazone groups is 1. The van der Waals surface area contributed by atoms with Crippen LogP contribution in [0.5, 0.6) is 0 Å². The first-order chi connectivity index (χ1) is 15.1. The monoisotopic (exact) mass is 653 g/mol. The molecule has 0 unspecified atom stereocenters. The molecule has 11 heteroatoms. The van der Waals surface area contributed by atoms with Crippen molar-refractivity contribution in [2.45, 2.75) is 3.23 Å². The van der Waals surface area contributed by atoms with E-state index in [2.05, 4.69) is 37.0 Å². The van der Waals surface area contributed by atoms with Crippen molar-refractivity contribution in [1.82, 2.24) is 0 Å². The van der Waals surface area contributed by atoms with Crippen molar-refractivity contribution in [2.24, 2.45) is 5.10 Å². The molecule has 0 bridgehead atoms. The first kappa shape index (κ1) is 24.1. The van der Waals surface area contributed by atoms with Crippen molar-refractivity contribution in [2.75, 3.05) is 9.91 Å². The highest BCUT2D eigenvalue weighted by atomic mass is 79.9. The minimum absolute atomic E-state index is 0.174. The number of alkyl halides is 2. The zero-order valence-electron chi connectivity index (χ0n) is 15.7. The van der Waals surface area contributed by atoms with Gasteiger partial charge in [-0.2, -0.15) is 5.01 Å². The number of benzene rings is 3. The van der Waals surface area contributed by atoms with Crippen molar-refractivity contribution in [3.05, 3.63) is 85.8 Å². The number of anilines is 3. The molecule has 3 aromatic rings. The van der Waals surface area contributed by atoms with E-state index in [4.69, 9.17) is 58.0 Å². The topological polar surface area (TPSA) is 35.9 Å². The summed E-state index contributed by atoms with van der Waals surface area (Å²) in [5, 5.41) is 7.24. The van der Waals surface area contributed by atoms with E-state index in [0.717, 1.165) is 5.01 Å². The molecule has 1 heterocycles. The molecule has 0 aromatic heterocycles. The van der Waals surface area contributed by atoms with Crippen molar-refractivity contribution in [3.63, 3.8) is 0 Å². The summed E-state index contributed by atoms with van der Waals surface area (Å²) in [6.07, 6.45) is 0. The quantitative estimate of drug-likeness (QED) is 0.264. The molecule has 1 aliphatic heterocycles. The molecule has 1 aliphatic rings. The molecular weight excluding hydrogens is 647 g/mol. The number of halogens is 7. The number of nitrogens with zero attached hydrogens (tertiary/aromatic N) is 3. The molecule has 0 fully saturated rings. The van der Waals surface area contributed by atoms with Crippen LogP contribution in [-0.4, -0.2) is 15.0 Å². The van der Waals surface area contributed by atoms with Crippen LogP contribution in [-0.2, 0) is 4.79 Å². The second-order valence-electron chi connectivity index (χ2n) is 6.60. The van der Waals surface area contributed by atoms with Gasteiger partial charge in [0.25, 0.3) is 5.91 Å². The smallest absolute Gasteiger partial charge is 0.283 e. The molecule has 0 saturated carbocycles. The van der Waals surface area contributed by atoms with Crippen LogP contribution >= 0.6 is 89.9 Å². The highest BCUT2D eigenvalue weighted by Gasteiger charge is 2.52. The highest BCUT2D eigenvalue weighted by Crippen LogP contribution is 2.47. The van der Waals surface area contributed by atoms with Crippen LogP contribution < -0.4 is 9.91 Å². The molecule has 0 N–H and O–H groups in total. The average molecular weight is 657 g/mol. The van der Waals surface area contributed by atoms with Crippen LogP contribution in [0.1, 0.15) is 0 Å². The third-order valence-electron chi connectivity index (χ3n) is 4.51. The Kier molecular flexibility index (Phi) is 7.04. The Labute approximate surface area is 225 Å². The van der Waals surface area contributed by atoms with Gasteiger partial charge in [0.15, 0.2) is 5.84 Å². The fourth-order valence-corrected chi connectivity index (χ4v) is 5.44. The maximum Gasteiger partial charge on any atom is 0.283 e. The predicted molar refractivity (Wildman–Crippen MR) is 142 cm³/mol. The number of rotatable bonds is 3. The van der Waals surface area contributed by atoms with Crippen molar-refractivity contribution >= 4 is 119 Å². The van der Waals surface area contributed by atoms with Gasteiger partial charge in [-0.05, 0) is 42.5 Å². The van der Waals surface area contributed by atoms with Gasteiger partial charge >= 0.3 is 0 Å². The summed E-state index contributed by atoms with van der Waals surface area (Å²) in [5.41, 5.74) is 1.48. The third kappa shape index (κ3) is 4.39. The second kappa shape index (κ2) is 9.34. The number of amides is 1. The fourth-order valence-electron chi connectivity index (χ4n) is 3.12. The summed E-state index contributed by atoms with van der Waals surface area (Å²) in [5.74, 6) is -0.190. The molecular formula is C21H10Br2Cl5N3O. The van der Waals surface area contributed by atoms with Gasteiger partial charge in [0, 0.05) is 15.7 Å². The Hall–Kier alpha value is -0.990. The molecule has 0 saturated heterocycles. The number of carbonyl (C=O) groups is 1. The molecule has 0 radical (unpaired) electrons. The van der Waals surface area contributed by atoms with Gasteiger partial charge in [-0.1, -0.05) is 108 Å². The molecule has 0 aliphatic carbocycles. The summed E-state index contributed by atoms with van der Waals surface area (Å²) >= 11 is 38.4.